The van der Waals surface area contributed by atoms with Gasteiger partial charge in [0.1, 0.15) is 0 Å². The zero-order valence-electron chi connectivity index (χ0n) is 8.91. The molecule has 0 aromatic heterocycles. The smallest absolute Gasteiger partial charge is 0.0137 e. The maximum absolute atomic E-state index is 3.34. The van der Waals surface area contributed by atoms with Gasteiger partial charge in [-0.05, 0) is 31.4 Å². The number of nitrogens with one attached hydrogen (secondary N) is 1. The molecular weight excluding hydrogens is 206 g/mol. The van der Waals surface area contributed by atoms with E-state index >= 15 is 0 Å². The number of rotatable bonds is 3. The minimum Gasteiger partial charge on any atom is -0.313 e. The number of hydrogen-bond acceptors (Lipinski definition) is 1. The molecule has 1 N–H and O–H groups in total. The Labute approximate surface area is 98.0 Å². The first-order chi connectivity index (χ1) is 6.95. The lowest BCUT2D eigenvalue weighted by molar-refractivity contribution is 0.678. The molecule has 1 heterocycles. The van der Waals surface area contributed by atoms with Crippen molar-refractivity contribution in [3.63, 3.8) is 0 Å². The van der Waals surface area contributed by atoms with Crippen LogP contribution in [0.2, 0.25) is 0 Å². The van der Waals surface area contributed by atoms with Gasteiger partial charge < -0.3 is 5.32 Å². The molecule has 0 spiro atoms. The van der Waals surface area contributed by atoms with Crippen LogP contribution in [-0.4, -0.2) is 13.1 Å². The van der Waals surface area contributed by atoms with Gasteiger partial charge >= 0.3 is 0 Å². The largest absolute Gasteiger partial charge is 0.313 e. The van der Waals surface area contributed by atoms with Crippen LogP contribution in [-0.2, 0) is 6.42 Å². The minimum absolute atomic E-state index is 0. The zero-order valence-corrected chi connectivity index (χ0v) is 9.72. The van der Waals surface area contributed by atoms with Crippen molar-refractivity contribution in [2.45, 2.75) is 19.3 Å². The van der Waals surface area contributed by atoms with Gasteiger partial charge in [0.15, 0.2) is 0 Å². The summed E-state index contributed by atoms with van der Waals surface area (Å²) >= 11 is 0. The van der Waals surface area contributed by atoms with E-state index < -0.39 is 0 Å². The molecule has 0 amide bonds. The predicted octanol–water partition coefficient (Wildman–Crippen LogP) is 2.96. The summed E-state index contributed by atoms with van der Waals surface area (Å²) in [5.74, 6) is 0. The van der Waals surface area contributed by atoms with Crippen LogP contribution in [0.25, 0.3) is 0 Å². The molecule has 0 atom stereocenters. The Bertz CT molecular complexity index is 306. The Hall–Kier alpha value is -0.790. The second kappa shape index (κ2) is 6.65. The van der Waals surface area contributed by atoms with E-state index in [2.05, 4.69) is 41.7 Å². The van der Waals surface area contributed by atoms with Gasteiger partial charge in [-0.3, -0.25) is 0 Å². The van der Waals surface area contributed by atoms with E-state index in [9.17, 15) is 0 Å². The molecule has 1 aromatic rings. The second-order valence-electron chi connectivity index (χ2n) is 3.80. The van der Waals surface area contributed by atoms with E-state index in [1.807, 2.05) is 0 Å². The average molecular weight is 224 g/mol. The van der Waals surface area contributed by atoms with Crippen LogP contribution in [0.1, 0.15) is 18.4 Å². The maximum Gasteiger partial charge on any atom is 0.0137 e. The Morgan fingerprint density at radius 2 is 1.87 bits per heavy atom. The van der Waals surface area contributed by atoms with Crippen molar-refractivity contribution in [2.75, 3.05) is 13.1 Å². The topological polar surface area (TPSA) is 12.0 Å². The van der Waals surface area contributed by atoms with Gasteiger partial charge in [-0.15, -0.1) is 12.4 Å². The molecule has 2 heteroatoms. The van der Waals surface area contributed by atoms with E-state index in [4.69, 9.17) is 0 Å². The summed E-state index contributed by atoms with van der Waals surface area (Å²) in [6, 6.07) is 10.7. The van der Waals surface area contributed by atoms with Crippen molar-refractivity contribution in [3.8, 4) is 0 Å². The first-order valence-electron chi connectivity index (χ1n) is 5.38. The molecule has 0 saturated carbocycles. The number of benzene rings is 1. The fourth-order valence-electron chi connectivity index (χ4n) is 1.85. The monoisotopic (exact) mass is 223 g/mol. The highest BCUT2D eigenvalue weighted by atomic mass is 35.5. The van der Waals surface area contributed by atoms with E-state index in [-0.39, 0.29) is 12.4 Å². The summed E-state index contributed by atoms with van der Waals surface area (Å²) in [7, 11) is 0. The van der Waals surface area contributed by atoms with E-state index in [1.165, 1.54) is 24.8 Å². The van der Waals surface area contributed by atoms with Gasteiger partial charge in [0.05, 0.1) is 0 Å². The number of hydrogen-bond donors (Lipinski definition) is 1. The zero-order chi connectivity index (χ0) is 9.64. The molecule has 2 rings (SSSR count). The van der Waals surface area contributed by atoms with Crippen LogP contribution in [0, 0.1) is 0 Å². The van der Waals surface area contributed by atoms with Gasteiger partial charge in [0.25, 0.3) is 0 Å². The molecular formula is C13H18ClN. The molecule has 1 aromatic carbocycles. The van der Waals surface area contributed by atoms with Crippen LogP contribution in [0.3, 0.4) is 0 Å². The third-order valence-corrected chi connectivity index (χ3v) is 2.74. The molecule has 15 heavy (non-hydrogen) atoms. The molecule has 0 unspecified atom stereocenters. The lowest BCUT2D eigenvalue weighted by Gasteiger charge is -2.13. The highest BCUT2D eigenvalue weighted by Crippen LogP contribution is 2.13. The Balaban J connectivity index is 0.00000112. The maximum atomic E-state index is 3.34. The number of aryl methyl sites for hydroxylation is 1. The van der Waals surface area contributed by atoms with Crippen LogP contribution in [0.4, 0.5) is 0 Å². The first-order valence-corrected chi connectivity index (χ1v) is 5.38. The quantitative estimate of drug-likeness (QED) is 0.777. The Morgan fingerprint density at radius 1 is 1.07 bits per heavy atom. The molecule has 1 nitrogen and oxygen atoms in total. The molecule has 0 radical (unpaired) electrons. The van der Waals surface area contributed by atoms with Crippen LogP contribution in [0.5, 0.6) is 0 Å². The van der Waals surface area contributed by atoms with Gasteiger partial charge in [-0.2, -0.15) is 0 Å². The normalized spacial score (nSPS) is 15.3. The Kier molecular flexibility index (Phi) is 5.44. The molecule has 0 fully saturated rings. The van der Waals surface area contributed by atoms with Crippen molar-refractivity contribution in [2.24, 2.45) is 0 Å². The average Bonchev–Trinajstić information content (AvgIpc) is 2.29. The predicted molar refractivity (Wildman–Crippen MR) is 67.6 cm³/mol. The van der Waals surface area contributed by atoms with Crippen LogP contribution >= 0.6 is 12.4 Å². The van der Waals surface area contributed by atoms with E-state index in [0.29, 0.717) is 0 Å². The summed E-state index contributed by atoms with van der Waals surface area (Å²) < 4.78 is 0. The van der Waals surface area contributed by atoms with Crippen molar-refractivity contribution < 1.29 is 0 Å². The second-order valence-corrected chi connectivity index (χ2v) is 3.80. The molecule has 0 aliphatic carbocycles. The van der Waals surface area contributed by atoms with Crippen LogP contribution in [0.15, 0.2) is 42.0 Å². The van der Waals surface area contributed by atoms with Gasteiger partial charge in [0.2, 0.25) is 0 Å². The molecule has 0 saturated heterocycles. The van der Waals surface area contributed by atoms with Crippen molar-refractivity contribution in [1.82, 2.24) is 5.32 Å². The standard InChI is InChI=1S/C13H17N.ClH/c1-2-4-12(5-3-1)6-7-13-8-10-14-11-9-13;/h1-5,8,14H,6-7,9-11H2;1H. The summed E-state index contributed by atoms with van der Waals surface area (Å²) in [6.07, 6.45) is 5.98. The van der Waals surface area contributed by atoms with E-state index in [1.54, 1.807) is 5.57 Å². The number of halogens is 1. The van der Waals surface area contributed by atoms with Gasteiger partial charge in [-0.1, -0.05) is 42.0 Å². The lowest BCUT2D eigenvalue weighted by Crippen LogP contribution is -2.20. The highest BCUT2D eigenvalue weighted by molar-refractivity contribution is 5.85. The SMILES string of the molecule is C1=C(CCc2ccccc2)CCNC1.Cl. The van der Waals surface area contributed by atoms with Crippen LogP contribution < -0.4 is 5.32 Å². The molecule has 1 aliphatic rings. The summed E-state index contributed by atoms with van der Waals surface area (Å²) in [5.41, 5.74) is 3.07. The van der Waals surface area contributed by atoms with Gasteiger partial charge in [0, 0.05) is 6.54 Å². The van der Waals surface area contributed by atoms with E-state index in [0.717, 1.165) is 13.1 Å². The van der Waals surface area contributed by atoms with Crippen molar-refractivity contribution >= 4 is 12.4 Å². The summed E-state index contributed by atoms with van der Waals surface area (Å²) in [4.78, 5) is 0. The minimum atomic E-state index is 0. The van der Waals surface area contributed by atoms with Crippen molar-refractivity contribution in [1.29, 1.82) is 0 Å². The molecule has 82 valence electrons. The first kappa shape index (κ1) is 12.3. The van der Waals surface area contributed by atoms with Gasteiger partial charge in [-0.25, -0.2) is 0 Å². The molecule has 1 aliphatic heterocycles. The summed E-state index contributed by atoms with van der Waals surface area (Å²) in [6.45, 7) is 2.21. The lowest BCUT2D eigenvalue weighted by atomic mass is 10.0. The highest BCUT2D eigenvalue weighted by Gasteiger charge is 2.02. The van der Waals surface area contributed by atoms with Crippen molar-refractivity contribution in [3.05, 3.63) is 47.5 Å². The third-order valence-electron chi connectivity index (χ3n) is 2.74. The summed E-state index contributed by atoms with van der Waals surface area (Å²) in [5, 5.41) is 3.34. The Morgan fingerprint density at radius 3 is 2.53 bits per heavy atom. The fraction of sp³-hybridized carbons (Fsp3) is 0.385. The fourth-order valence-corrected chi connectivity index (χ4v) is 1.85. The third kappa shape index (κ3) is 4.06. The molecule has 0 bridgehead atoms.